The smallest absolute Gasteiger partial charge is 0.374 e. The van der Waals surface area contributed by atoms with E-state index >= 15 is 0 Å². The third kappa shape index (κ3) is 12.4. The summed E-state index contributed by atoms with van der Waals surface area (Å²) < 4.78 is 42.9. The molecule has 0 fully saturated rings. The summed E-state index contributed by atoms with van der Waals surface area (Å²) in [5.41, 5.74) is 1.15. The van der Waals surface area contributed by atoms with Crippen LogP contribution in [0.5, 0.6) is 0 Å². The Morgan fingerprint density at radius 1 is 0.568 bits per heavy atom. The number of hydrogen-bond acceptors (Lipinski definition) is 8. The first-order chi connectivity index (χ1) is 18.0. The van der Waals surface area contributed by atoms with Crippen molar-refractivity contribution < 1.29 is 31.3 Å². The van der Waals surface area contributed by atoms with Gasteiger partial charge in [0.1, 0.15) is 6.23 Å². The summed E-state index contributed by atoms with van der Waals surface area (Å²) in [6, 6.07) is 12.0. The number of ether oxygens (including phenoxy) is 1. The second-order valence-electron chi connectivity index (χ2n) is 8.43. The third-order valence-corrected chi connectivity index (χ3v) is 12.1. The first-order valence-corrected chi connectivity index (χ1v) is 18.1. The van der Waals surface area contributed by atoms with E-state index in [1.165, 1.54) is 0 Å². The lowest BCUT2D eigenvalue weighted by atomic mass is 10.1. The highest BCUT2D eigenvalue weighted by atomic mass is 28.4. The standard InChI is InChI=1S/C27H53NO7Si2/c1-8-29-27(26-20-16-15-17-21-26)28(22-18-24-36(30-9-2,31-10-3)32-11-4)23-19-25-37(33-12-5,34-13-6)35-14-7/h15-17,20-21,27H,8-14,18-19,22-25H2,1-7H3. The van der Waals surface area contributed by atoms with Gasteiger partial charge in [-0.3, -0.25) is 4.90 Å². The zero-order valence-corrected chi connectivity index (χ0v) is 26.5. The highest BCUT2D eigenvalue weighted by Gasteiger charge is 2.41. The maximum absolute atomic E-state index is 6.30. The lowest BCUT2D eigenvalue weighted by Crippen LogP contribution is -2.47. The first kappa shape index (κ1) is 34.4. The Balaban J connectivity index is 3.07. The average molecular weight is 560 g/mol. The molecule has 216 valence electrons. The molecule has 1 atom stereocenters. The van der Waals surface area contributed by atoms with Crippen molar-refractivity contribution in [1.82, 2.24) is 4.90 Å². The minimum absolute atomic E-state index is 0.143. The highest BCUT2D eigenvalue weighted by Crippen LogP contribution is 2.27. The van der Waals surface area contributed by atoms with Crippen LogP contribution in [0.25, 0.3) is 0 Å². The van der Waals surface area contributed by atoms with Crippen LogP contribution >= 0.6 is 0 Å². The predicted octanol–water partition coefficient (Wildman–Crippen LogP) is 5.90. The van der Waals surface area contributed by atoms with Crippen molar-refractivity contribution in [3.05, 3.63) is 35.9 Å². The molecule has 0 aromatic heterocycles. The van der Waals surface area contributed by atoms with Crippen LogP contribution in [0, 0.1) is 0 Å². The zero-order valence-electron chi connectivity index (χ0n) is 24.5. The van der Waals surface area contributed by atoms with Crippen LogP contribution in [-0.4, -0.2) is 81.8 Å². The summed E-state index contributed by atoms with van der Waals surface area (Å²) in [4.78, 5) is 2.41. The fraction of sp³-hybridized carbons (Fsp3) is 0.778. The van der Waals surface area contributed by atoms with Crippen molar-refractivity contribution in [3.63, 3.8) is 0 Å². The van der Waals surface area contributed by atoms with Crippen molar-refractivity contribution in [2.75, 3.05) is 59.3 Å². The Morgan fingerprint density at radius 3 is 1.27 bits per heavy atom. The van der Waals surface area contributed by atoms with E-state index in [4.69, 9.17) is 31.3 Å². The molecule has 0 aliphatic heterocycles. The molecule has 0 spiro atoms. The van der Waals surface area contributed by atoms with E-state index in [0.717, 1.165) is 43.6 Å². The van der Waals surface area contributed by atoms with Gasteiger partial charge in [-0.05, 0) is 66.9 Å². The third-order valence-electron chi connectivity index (χ3n) is 5.78. The normalized spacial score (nSPS) is 13.4. The van der Waals surface area contributed by atoms with Gasteiger partial charge in [0.2, 0.25) is 0 Å². The molecule has 10 heteroatoms. The van der Waals surface area contributed by atoms with Crippen molar-refractivity contribution in [1.29, 1.82) is 0 Å². The van der Waals surface area contributed by atoms with Crippen molar-refractivity contribution >= 4 is 17.6 Å². The Bertz CT molecular complexity index is 605. The molecule has 0 aliphatic carbocycles. The molecule has 1 aromatic rings. The fourth-order valence-electron chi connectivity index (χ4n) is 4.53. The number of nitrogens with zero attached hydrogens (tertiary/aromatic N) is 1. The summed E-state index contributed by atoms with van der Waals surface area (Å²) in [7, 11) is -5.42. The molecule has 0 aliphatic rings. The summed E-state index contributed by atoms with van der Waals surface area (Å²) >= 11 is 0. The topological polar surface area (TPSA) is 67.9 Å². The lowest BCUT2D eigenvalue weighted by molar-refractivity contribution is -0.0589. The Labute approximate surface area is 228 Å². The lowest BCUT2D eigenvalue weighted by Gasteiger charge is -2.34. The predicted molar refractivity (Wildman–Crippen MR) is 152 cm³/mol. The van der Waals surface area contributed by atoms with Gasteiger partial charge in [0.25, 0.3) is 0 Å². The Hall–Kier alpha value is -0.666. The monoisotopic (exact) mass is 559 g/mol. The van der Waals surface area contributed by atoms with E-state index in [1.54, 1.807) is 0 Å². The summed E-state index contributed by atoms with van der Waals surface area (Å²) in [5.74, 6) is 0. The number of hydrogen-bond donors (Lipinski definition) is 0. The first-order valence-electron chi connectivity index (χ1n) is 14.2. The SMILES string of the molecule is CCOC(c1ccccc1)N(CCC[Si](OCC)(OCC)OCC)CCC[Si](OCC)(OCC)OCC. The molecular weight excluding hydrogens is 506 g/mol. The van der Waals surface area contributed by atoms with Crippen LogP contribution in [0.15, 0.2) is 30.3 Å². The molecule has 8 nitrogen and oxygen atoms in total. The van der Waals surface area contributed by atoms with Gasteiger partial charge in [0, 0.05) is 71.4 Å². The van der Waals surface area contributed by atoms with Crippen molar-refractivity contribution in [2.24, 2.45) is 0 Å². The maximum Gasteiger partial charge on any atom is 0.500 e. The van der Waals surface area contributed by atoms with Crippen molar-refractivity contribution in [2.45, 2.75) is 79.6 Å². The van der Waals surface area contributed by atoms with Gasteiger partial charge in [0.05, 0.1) is 0 Å². The van der Waals surface area contributed by atoms with Crippen LogP contribution in [0.4, 0.5) is 0 Å². The van der Waals surface area contributed by atoms with E-state index in [1.807, 2.05) is 54.5 Å². The van der Waals surface area contributed by atoms with Crippen LogP contribution in [-0.2, 0) is 31.3 Å². The molecule has 0 bridgehead atoms. The largest absolute Gasteiger partial charge is 0.500 e. The highest BCUT2D eigenvalue weighted by molar-refractivity contribution is 6.61. The van der Waals surface area contributed by atoms with Crippen LogP contribution < -0.4 is 0 Å². The van der Waals surface area contributed by atoms with E-state index in [2.05, 4.69) is 29.2 Å². The van der Waals surface area contributed by atoms with Gasteiger partial charge in [-0.15, -0.1) is 0 Å². The minimum atomic E-state index is -2.71. The summed E-state index contributed by atoms with van der Waals surface area (Å²) in [5, 5.41) is 0. The molecule has 1 unspecified atom stereocenters. The minimum Gasteiger partial charge on any atom is -0.374 e. The van der Waals surface area contributed by atoms with Crippen LogP contribution in [0.2, 0.25) is 12.1 Å². The molecule has 37 heavy (non-hydrogen) atoms. The maximum atomic E-state index is 6.30. The van der Waals surface area contributed by atoms with Gasteiger partial charge >= 0.3 is 17.6 Å². The molecule has 0 saturated heterocycles. The molecule has 0 saturated carbocycles. The quantitative estimate of drug-likeness (QED) is 0.115. The zero-order chi connectivity index (χ0) is 27.4. The second kappa shape index (κ2) is 20.3. The van der Waals surface area contributed by atoms with E-state index in [-0.39, 0.29) is 6.23 Å². The number of rotatable bonds is 24. The average Bonchev–Trinajstić information content (AvgIpc) is 2.88. The van der Waals surface area contributed by atoms with Gasteiger partial charge in [-0.25, -0.2) is 0 Å². The van der Waals surface area contributed by atoms with Crippen molar-refractivity contribution in [3.8, 4) is 0 Å². The summed E-state index contributed by atoms with van der Waals surface area (Å²) in [6.45, 7) is 19.8. The molecule has 0 heterocycles. The molecular formula is C27H53NO7Si2. The van der Waals surface area contributed by atoms with Gasteiger partial charge in [-0.1, -0.05) is 30.3 Å². The number of benzene rings is 1. The van der Waals surface area contributed by atoms with Crippen LogP contribution in [0.1, 0.15) is 73.1 Å². The molecule has 0 radical (unpaired) electrons. The molecule has 0 amide bonds. The summed E-state index contributed by atoms with van der Waals surface area (Å²) in [6.07, 6.45) is 1.62. The van der Waals surface area contributed by atoms with E-state index < -0.39 is 17.6 Å². The van der Waals surface area contributed by atoms with Gasteiger partial charge < -0.3 is 31.3 Å². The van der Waals surface area contributed by atoms with Gasteiger partial charge in [-0.2, -0.15) is 0 Å². The fourth-order valence-corrected chi connectivity index (χ4v) is 9.72. The Morgan fingerprint density at radius 2 is 0.946 bits per heavy atom. The van der Waals surface area contributed by atoms with E-state index in [0.29, 0.717) is 46.2 Å². The van der Waals surface area contributed by atoms with Crippen LogP contribution in [0.3, 0.4) is 0 Å². The van der Waals surface area contributed by atoms with Gasteiger partial charge in [0.15, 0.2) is 0 Å². The molecule has 0 N–H and O–H groups in total. The Kier molecular flexibility index (Phi) is 18.8. The second-order valence-corrected chi connectivity index (χ2v) is 13.9. The molecule has 1 rings (SSSR count). The van der Waals surface area contributed by atoms with E-state index in [9.17, 15) is 0 Å². The molecule has 1 aromatic carbocycles.